The van der Waals surface area contributed by atoms with E-state index in [1.807, 2.05) is 12.1 Å². The van der Waals surface area contributed by atoms with Gasteiger partial charge in [-0.15, -0.1) is 0 Å². The minimum atomic E-state index is -1.07. The molecule has 25 heavy (non-hydrogen) atoms. The third kappa shape index (κ3) is 3.00. The van der Waals surface area contributed by atoms with Crippen molar-refractivity contribution in [2.75, 3.05) is 24.5 Å². The van der Waals surface area contributed by atoms with Crippen LogP contribution >= 0.6 is 11.6 Å². The third-order valence-electron chi connectivity index (χ3n) is 5.46. The van der Waals surface area contributed by atoms with Crippen LogP contribution in [0.2, 0.25) is 5.02 Å². The van der Waals surface area contributed by atoms with E-state index in [4.69, 9.17) is 16.6 Å². The summed E-state index contributed by atoms with van der Waals surface area (Å²) in [5.41, 5.74) is 1.92. The molecule has 1 saturated heterocycles. The molecule has 1 fully saturated rings. The van der Waals surface area contributed by atoms with Gasteiger partial charge in [0, 0.05) is 49.3 Å². The zero-order valence-electron chi connectivity index (χ0n) is 14.3. The first-order valence-corrected chi connectivity index (χ1v) is 9.20. The van der Waals surface area contributed by atoms with Crippen LogP contribution in [0.15, 0.2) is 34.5 Å². The molecule has 0 saturated carbocycles. The second kappa shape index (κ2) is 6.22. The molecule has 2 aliphatic heterocycles. The molecule has 1 aliphatic carbocycles. The van der Waals surface area contributed by atoms with Gasteiger partial charge in [-0.3, -0.25) is 9.79 Å². The third-order valence-corrected chi connectivity index (χ3v) is 5.76. The van der Waals surface area contributed by atoms with Gasteiger partial charge in [-0.05, 0) is 37.5 Å². The topological polar surface area (TPSA) is 65.8 Å². The molecule has 4 rings (SSSR count). The smallest absolute Gasteiger partial charge is 0.147 e. The number of pyridine rings is 1. The standard InChI is InChI=1S/C19H22ClN3O2/c1-19(25)10-14(24)9-13-11-22-17(16(13)19)12-4-7-23(8-5-12)18-15(20)3-2-6-21-18/h2-3,6,12,25H,4-5,7-11H2,1H3. The number of hydrogen-bond donors (Lipinski definition) is 1. The molecule has 1 atom stereocenters. The Bertz CT molecular complexity index is 777. The summed E-state index contributed by atoms with van der Waals surface area (Å²) < 4.78 is 0. The van der Waals surface area contributed by atoms with Crippen molar-refractivity contribution in [2.45, 2.75) is 38.2 Å². The lowest BCUT2D eigenvalue weighted by molar-refractivity contribution is -0.122. The monoisotopic (exact) mass is 359 g/mol. The summed E-state index contributed by atoms with van der Waals surface area (Å²) in [7, 11) is 0. The van der Waals surface area contributed by atoms with Gasteiger partial charge in [0.1, 0.15) is 11.6 Å². The highest BCUT2D eigenvalue weighted by Gasteiger charge is 2.43. The van der Waals surface area contributed by atoms with E-state index in [9.17, 15) is 9.90 Å². The van der Waals surface area contributed by atoms with Gasteiger partial charge in [0.2, 0.25) is 0 Å². The number of aromatic nitrogens is 1. The van der Waals surface area contributed by atoms with E-state index in [1.54, 1.807) is 13.1 Å². The number of piperidine rings is 1. The predicted octanol–water partition coefficient (Wildman–Crippen LogP) is 2.82. The van der Waals surface area contributed by atoms with E-state index in [1.165, 1.54) is 0 Å². The molecule has 0 bridgehead atoms. The van der Waals surface area contributed by atoms with Crippen molar-refractivity contribution in [1.29, 1.82) is 0 Å². The Morgan fingerprint density at radius 2 is 2.12 bits per heavy atom. The number of aliphatic hydroxyl groups is 1. The first-order chi connectivity index (χ1) is 12.0. The predicted molar refractivity (Wildman–Crippen MR) is 98.4 cm³/mol. The molecule has 3 aliphatic rings. The van der Waals surface area contributed by atoms with E-state index >= 15 is 0 Å². The average molecular weight is 360 g/mol. The fraction of sp³-hybridized carbons (Fsp3) is 0.526. The van der Waals surface area contributed by atoms with Crippen LogP contribution in [0.1, 0.15) is 32.6 Å². The van der Waals surface area contributed by atoms with Crippen molar-refractivity contribution in [3.8, 4) is 0 Å². The summed E-state index contributed by atoms with van der Waals surface area (Å²) >= 11 is 6.26. The molecule has 6 heteroatoms. The van der Waals surface area contributed by atoms with E-state index in [0.29, 0.717) is 23.9 Å². The summed E-state index contributed by atoms with van der Waals surface area (Å²) in [6.45, 7) is 4.05. The fourth-order valence-corrected chi connectivity index (χ4v) is 4.64. The maximum Gasteiger partial charge on any atom is 0.147 e. The minimum Gasteiger partial charge on any atom is -0.385 e. The van der Waals surface area contributed by atoms with Gasteiger partial charge in [-0.2, -0.15) is 0 Å². The van der Waals surface area contributed by atoms with Crippen LogP contribution in [0.5, 0.6) is 0 Å². The number of nitrogens with zero attached hydrogens (tertiary/aromatic N) is 3. The van der Waals surface area contributed by atoms with Crippen LogP contribution in [-0.2, 0) is 4.79 Å². The Morgan fingerprint density at radius 1 is 1.36 bits per heavy atom. The maximum atomic E-state index is 11.9. The van der Waals surface area contributed by atoms with Gasteiger partial charge in [-0.25, -0.2) is 4.98 Å². The molecular weight excluding hydrogens is 338 g/mol. The number of aliphatic imine (C=N–C) groups is 1. The van der Waals surface area contributed by atoms with E-state index < -0.39 is 5.60 Å². The SMILES string of the molecule is CC1(O)CC(=O)CC2=C1C(C1CCN(c3ncccc3Cl)CC1)=NC2. The average Bonchev–Trinajstić information content (AvgIpc) is 2.99. The van der Waals surface area contributed by atoms with Crippen LogP contribution in [0.25, 0.3) is 0 Å². The summed E-state index contributed by atoms with van der Waals surface area (Å²) in [5, 5.41) is 11.5. The molecule has 0 radical (unpaired) electrons. The highest BCUT2D eigenvalue weighted by atomic mass is 35.5. The van der Waals surface area contributed by atoms with Gasteiger partial charge < -0.3 is 10.0 Å². The summed E-state index contributed by atoms with van der Waals surface area (Å²) in [6, 6.07) is 3.71. The van der Waals surface area contributed by atoms with Crippen molar-refractivity contribution in [3.05, 3.63) is 34.5 Å². The number of carbonyl (C=O) groups excluding carboxylic acids is 1. The molecule has 0 amide bonds. The molecule has 1 N–H and O–H groups in total. The molecule has 1 aromatic heterocycles. The molecule has 0 spiro atoms. The van der Waals surface area contributed by atoms with Gasteiger partial charge in [0.05, 0.1) is 17.2 Å². The highest BCUT2D eigenvalue weighted by molar-refractivity contribution is 6.32. The number of carbonyl (C=O) groups is 1. The van der Waals surface area contributed by atoms with Crippen molar-refractivity contribution in [3.63, 3.8) is 0 Å². The Morgan fingerprint density at radius 3 is 2.84 bits per heavy atom. The zero-order chi connectivity index (χ0) is 17.6. The lowest BCUT2D eigenvalue weighted by atomic mass is 9.74. The molecule has 132 valence electrons. The minimum absolute atomic E-state index is 0.111. The van der Waals surface area contributed by atoms with Crippen LogP contribution < -0.4 is 4.90 Å². The Hall–Kier alpha value is -1.72. The lowest BCUT2D eigenvalue weighted by Crippen LogP contribution is -2.42. The molecule has 1 unspecified atom stereocenters. The summed E-state index contributed by atoms with van der Waals surface area (Å²) in [6.07, 6.45) is 4.31. The van der Waals surface area contributed by atoms with Crippen molar-refractivity contribution >= 4 is 28.9 Å². The number of ketones is 1. The van der Waals surface area contributed by atoms with Crippen LogP contribution in [0, 0.1) is 5.92 Å². The molecular formula is C19H22ClN3O2. The number of hydrogen-bond acceptors (Lipinski definition) is 5. The number of anilines is 1. The Labute approximate surface area is 152 Å². The largest absolute Gasteiger partial charge is 0.385 e. The number of Topliss-reactive ketones (excluding diaryl/α,β-unsaturated/α-hetero) is 1. The van der Waals surface area contributed by atoms with Crippen LogP contribution in [0.3, 0.4) is 0 Å². The molecule has 1 aromatic rings. The second-order valence-corrected chi connectivity index (χ2v) is 7.82. The van der Waals surface area contributed by atoms with E-state index in [-0.39, 0.29) is 12.2 Å². The van der Waals surface area contributed by atoms with Crippen molar-refractivity contribution in [2.24, 2.45) is 10.9 Å². The lowest BCUT2D eigenvalue weighted by Gasteiger charge is -2.37. The number of rotatable bonds is 2. The Balaban J connectivity index is 1.50. The first kappa shape index (κ1) is 16.7. The summed E-state index contributed by atoms with van der Waals surface area (Å²) in [5.74, 6) is 1.27. The molecule has 0 aromatic carbocycles. The van der Waals surface area contributed by atoms with Gasteiger partial charge in [-0.1, -0.05) is 11.6 Å². The van der Waals surface area contributed by atoms with Crippen LogP contribution in [0.4, 0.5) is 5.82 Å². The summed E-state index contributed by atoms with van der Waals surface area (Å²) in [4.78, 5) is 23.2. The maximum absolute atomic E-state index is 11.9. The van der Waals surface area contributed by atoms with Crippen LogP contribution in [-0.4, -0.2) is 46.8 Å². The zero-order valence-corrected chi connectivity index (χ0v) is 15.1. The van der Waals surface area contributed by atoms with Crippen molar-refractivity contribution in [1.82, 2.24) is 4.98 Å². The quantitative estimate of drug-likeness (QED) is 0.881. The van der Waals surface area contributed by atoms with E-state index in [2.05, 4.69) is 9.88 Å². The second-order valence-electron chi connectivity index (χ2n) is 7.42. The molecule has 3 heterocycles. The molecule has 5 nitrogen and oxygen atoms in total. The van der Waals surface area contributed by atoms with Gasteiger partial charge >= 0.3 is 0 Å². The number of halogens is 1. The fourth-order valence-electron chi connectivity index (χ4n) is 4.40. The Kier molecular flexibility index (Phi) is 4.16. The van der Waals surface area contributed by atoms with E-state index in [0.717, 1.165) is 48.6 Å². The normalized spacial score (nSPS) is 27.6. The van der Waals surface area contributed by atoms with Gasteiger partial charge in [0.15, 0.2) is 0 Å². The first-order valence-electron chi connectivity index (χ1n) is 8.82. The van der Waals surface area contributed by atoms with Gasteiger partial charge in [0.25, 0.3) is 0 Å². The van der Waals surface area contributed by atoms with Crippen molar-refractivity contribution < 1.29 is 9.90 Å². The highest BCUT2D eigenvalue weighted by Crippen LogP contribution is 2.40.